The molecule has 0 aromatic rings. The molecular formula is C45H81O11P. The van der Waals surface area contributed by atoms with Crippen molar-refractivity contribution in [2.75, 3.05) is 13.2 Å². The SMILES string of the molecule is CCCCCCCCCCCCCCCCCCCCCC(=O)OC[C@H](COP(=O)(O)O)OC(=O)CCC[C@H](O)[C@@H](O)/C=C/C=C/C=C\C=C\[C@@H](O)CCCCC. The summed E-state index contributed by atoms with van der Waals surface area (Å²) in [7, 11) is -4.85. The second kappa shape index (κ2) is 39.4. The third-order valence-corrected chi connectivity index (χ3v) is 10.2. The van der Waals surface area contributed by atoms with Gasteiger partial charge in [-0.05, 0) is 25.7 Å². The number of phosphoric ester groups is 1. The van der Waals surface area contributed by atoms with E-state index in [9.17, 15) is 29.5 Å². The lowest BCUT2D eigenvalue weighted by atomic mass is 10.0. The molecule has 57 heavy (non-hydrogen) atoms. The Kier molecular flexibility index (Phi) is 37.9. The number of esters is 2. The number of aliphatic hydroxyl groups is 3. The number of aliphatic hydroxyl groups excluding tert-OH is 3. The van der Waals surface area contributed by atoms with Crippen molar-refractivity contribution in [3.63, 3.8) is 0 Å². The molecule has 4 atom stereocenters. The summed E-state index contributed by atoms with van der Waals surface area (Å²) < 4.78 is 26.2. The average molecular weight is 829 g/mol. The number of carbonyl (C=O) groups excluding carboxylic acids is 2. The summed E-state index contributed by atoms with van der Waals surface area (Å²) in [6.45, 7) is 3.31. The minimum Gasteiger partial charge on any atom is -0.462 e. The van der Waals surface area contributed by atoms with Gasteiger partial charge in [0.05, 0.1) is 24.9 Å². The minimum absolute atomic E-state index is 0.0909. The summed E-state index contributed by atoms with van der Waals surface area (Å²) in [5.74, 6) is -1.21. The predicted octanol–water partition coefficient (Wildman–Crippen LogP) is 10.4. The van der Waals surface area contributed by atoms with E-state index >= 15 is 0 Å². The van der Waals surface area contributed by atoms with E-state index in [4.69, 9.17) is 19.3 Å². The zero-order chi connectivity index (χ0) is 42.2. The largest absolute Gasteiger partial charge is 0.469 e. The van der Waals surface area contributed by atoms with E-state index in [-0.39, 0.29) is 25.7 Å². The summed E-state index contributed by atoms with van der Waals surface area (Å²) in [4.78, 5) is 42.9. The molecule has 11 nitrogen and oxygen atoms in total. The fourth-order valence-electron chi connectivity index (χ4n) is 6.23. The van der Waals surface area contributed by atoms with Gasteiger partial charge in [0.25, 0.3) is 0 Å². The predicted molar refractivity (Wildman–Crippen MR) is 229 cm³/mol. The van der Waals surface area contributed by atoms with Gasteiger partial charge in [-0.1, -0.05) is 197 Å². The zero-order valence-corrected chi connectivity index (χ0v) is 36.5. The highest BCUT2D eigenvalue weighted by atomic mass is 31.2. The van der Waals surface area contributed by atoms with Gasteiger partial charge < -0.3 is 34.6 Å². The molecule has 0 heterocycles. The third-order valence-electron chi connectivity index (χ3n) is 9.72. The van der Waals surface area contributed by atoms with Crippen LogP contribution in [0.5, 0.6) is 0 Å². The zero-order valence-electron chi connectivity index (χ0n) is 35.6. The summed E-state index contributed by atoms with van der Waals surface area (Å²) in [6.07, 6.45) is 37.7. The number of allylic oxidation sites excluding steroid dienone is 6. The highest BCUT2D eigenvalue weighted by Crippen LogP contribution is 2.36. The maximum Gasteiger partial charge on any atom is 0.469 e. The molecule has 0 aliphatic carbocycles. The van der Waals surface area contributed by atoms with Crippen LogP contribution < -0.4 is 0 Å². The molecule has 0 amide bonds. The number of ether oxygens (including phenoxy) is 2. The summed E-state index contributed by atoms with van der Waals surface area (Å²) in [6, 6.07) is 0. The van der Waals surface area contributed by atoms with Gasteiger partial charge in [-0.15, -0.1) is 0 Å². The molecule has 332 valence electrons. The van der Waals surface area contributed by atoms with E-state index in [1.807, 2.05) is 0 Å². The lowest BCUT2D eigenvalue weighted by molar-refractivity contribution is -0.161. The molecule has 0 saturated heterocycles. The van der Waals surface area contributed by atoms with Crippen LogP contribution in [0, 0.1) is 0 Å². The van der Waals surface area contributed by atoms with Crippen molar-refractivity contribution >= 4 is 19.8 Å². The van der Waals surface area contributed by atoms with Crippen molar-refractivity contribution in [1.29, 1.82) is 0 Å². The van der Waals surface area contributed by atoms with Gasteiger partial charge in [-0.2, -0.15) is 0 Å². The van der Waals surface area contributed by atoms with Crippen molar-refractivity contribution in [1.82, 2.24) is 0 Å². The van der Waals surface area contributed by atoms with Crippen molar-refractivity contribution in [3.8, 4) is 0 Å². The van der Waals surface area contributed by atoms with E-state index < -0.39 is 57.4 Å². The molecule has 0 aliphatic rings. The van der Waals surface area contributed by atoms with Crippen LogP contribution in [-0.2, 0) is 28.2 Å². The molecule has 0 radical (unpaired) electrons. The molecular weight excluding hydrogens is 747 g/mol. The Bertz CT molecular complexity index is 1120. The van der Waals surface area contributed by atoms with Crippen LogP contribution in [0.4, 0.5) is 0 Å². The fraction of sp³-hybridized carbons (Fsp3) is 0.778. The Hall–Kier alpha value is -2.11. The second-order valence-corrected chi connectivity index (χ2v) is 16.5. The quantitative estimate of drug-likeness (QED) is 0.0172. The normalized spacial score (nSPS) is 14.6. The number of unbranched alkanes of at least 4 members (excludes halogenated alkanes) is 20. The summed E-state index contributed by atoms with van der Waals surface area (Å²) in [5.41, 5.74) is 0. The van der Waals surface area contributed by atoms with E-state index in [1.165, 1.54) is 102 Å². The smallest absolute Gasteiger partial charge is 0.462 e. The highest BCUT2D eigenvalue weighted by molar-refractivity contribution is 7.46. The van der Waals surface area contributed by atoms with E-state index in [2.05, 4.69) is 18.4 Å². The van der Waals surface area contributed by atoms with Crippen molar-refractivity contribution in [3.05, 3.63) is 48.6 Å². The van der Waals surface area contributed by atoms with E-state index in [1.54, 1.807) is 42.5 Å². The molecule has 0 spiro atoms. The summed E-state index contributed by atoms with van der Waals surface area (Å²) >= 11 is 0. The van der Waals surface area contributed by atoms with Gasteiger partial charge in [-0.3, -0.25) is 14.1 Å². The first kappa shape index (κ1) is 54.9. The maximum atomic E-state index is 12.4. The van der Waals surface area contributed by atoms with Gasteiger partial charge in [-0.25, -0.2) is 4.57 Å². The van der Waals surface area contributed by atoms with Crippen LogP contribution in [0.15, 0.2) is 48.6 Å². The second-order valence-electron chi connectivity index (χ2n) is 15.2. The highest BCUT2D eigenvalue weighted by Gasteiger charge is 2.23. The number of rotatable bonds is 40. The first-order chi connectivity index (χ1) is 27.5. The molecule has 0 rings (SSSR count). The Morgan fingerprint density at radius 3 is 1.47 bits per heavy atom. The Labute approximate surface area is 345 Å². The molecule has 0 unspecified atom stereocenters. The number of hydrogen-bond donors (Lipinski definition) is 5. The number of carbonyl (C=O) groups is 2. The van der Waals surface area contributed by atoms with Crippen LogP contribution in [0.2, 0.25) is 0 Å². The molecule has 0 bridgehead atoms. The molecule has 12 heteroatoms. The van der Waals surface area contributed by atoms with Gasteiger partial charge in [0.2, 0.25) is 0 Å². The van der Waals surface area contributed by atoms with Crippen molar-refractivity contribution < 1.29 is 53.3 Å². The molecule has 0 aliphatic heterocycles. The third kappa shape index (κ3) is 40.5. The van der Waals surface area contributed by atoms with Crippen LogP contribution in [0.3, 0.4) is 0 Å². The molecule has 5 N–H and O–H groups in total. The lowest BCUT2D eigenvalue weighted by Gasteiger charge is -2.19. The van der Waals surface area contributed by atoms with Gasteiger partial charge >= 0.3 is 19.8 Å². The standard InChI is InChI=1S/C45H81O11P/c1-3-5-7-8-9-10-11-12-13-14-15-16-17-18-19-20-21-26-30-36-44(49)54-38-41(39-55-57(51,52)53)56-45(50)37-31-35-43(48)42(47)34-29-25-23-22-24-28-33-40(46)32-27-6-4-2/h22-25,28-29,33-34,40-43,46-48H,3-21,26-27,30-32,35-39H2,1-2H3,(H2,51,52,53)/b24-22-,25-23+,33-28+,34-29+/t40-,41+,42-,43-/m0/s1. The molecule has 0 fully saturated rings. The van der Waals surface area contributed by atoms with Crippen LogP contribution in [-0.4, -0.2) is 74.7 Å². The fourth-order valence-corrected chi connectivity index (χ4v) is 6.59. The Morgan fingerprint density at radius 2 is 0.965 bits per heavy atom. The Morgan fingerprint density at radius 1 is 0.526 bits per heavy atom. The van der Waals surface area contributed by atoms with Gasteiger partial charge in [0, 0.05) is 12.8 Å². The minimum atomic E-state index is -4.85. The van der Waals surface area contributed by atoms with E-state index in [0.717, 1.165) is 44.9 Å². The van der Waals surface area contributed by atoms with Gasteiger partial charge in [0.1, 0.15) is 6.61 Å². The number of hydrogen-bond acceptors (Lipinski definition) is 9. The van der Waals surface area contributed by atoms with Crippen molar-refractivity contribution in [2.24, 2.45) is 0 Å². The Balaban J connectivity index is 4.18. The monoisotopic (exact) mass is 829 g/mol. The maximum absolute atomic E-state index is 12.4. The van der Waals surface area contributed by atoms with Crippen molar-refractivity contribution in [2.45, 2.75) is 212 Å². The number of phosphoric acid groups is 1. The lowest BCUT2D eigenvalue weighted by Crippen LogP contribution is -2.29. The van der Waals surface area contributed by atoms with E-state index in [0.29, 0.717) is 6.42 Å². The van der Waals surface area contributed by atoms with Crippen LogP contribution in [0.1, 0.15) is 187 Å². The summed E-state index contributed by atoms with van der Waals surface area (Å²) in [5, 5.41) is 30.3. The topological polar surface area (TPSA) is 180 Å². The molecule has 0 aromatic carbocycles. The first-order valence-electron chi connectivity index (χ1n) is 22.3. The molecule has 0 saturated carbocycles. The first-order valence-corrected chi connectivity index (χ1v) is 23.8. The molecule has 0 aromatic heterocycles. The van der Waals surface area contributed by atoms with Crippen LogP contribution >= 0.6 is 7.82 Å². The van der Waals surface area contributed by atoms with Crippen LogP contribution in [0.25, 0.3) is 0 Å². The van der Waals surface area contributed by atoms with Gasteiger partial charge in [0.15, 0.2) is 6.10 Å². The average Bonchev–Trinajstić information content (AvgIpc) is 3.17.